The third kappa shape index (κ3) is 3.13. The first-order valence-electron chi connectivity index (χ1n) is 8.96. The SMILES string of the molecule is CCCCc1noc(Cn2cnc3sc4c(c3c2=O)CCC(C)C4)n1. The van der Waals surface area contributed by atoms with Crippen molar-refractivity contribution in [1.82, 2.24) is 19.7 Å². The molecule has 0 N–H and O–H groups in total. The van der Waals surface area contributed by atoms with Crippen LogP contribution in [-0.2, 0) is 25.8 Å². The molecular weight excluding hydrogens is 336 g/mol. The van der Waals surface area contributed by atoms with E-state index in [1.54, 1.807) is 22.2 Å². The first kappa shape index (κ1) is 16.4. The van der Waals surface area contributed by atoms with E-state index in [1.807, 2.05) is 0 Å². The standard InChI is InChI=1S/C18H22N4O2S/c1-3-4-5-14-20-15(24-21-14)9-22-10-19-17-16(18(22)23)12-7-6-11(2)8-13(12)25-17/h10-11H,3-9H2,1-2H3. The second kappa shape index (κ2) is 6.71. The van der Waals surface area contributed by atoms with Crippen LogP contribution in [0.2, 0.25) is 0 Å². The fourth-order valence-corrected chi connectivity index (χ4v) is 4.76. The molecule has 0 bridgehead atoms. The second-order valence-electron chi connectivity index (χ2n) is 6.92. The van der Waals surface area contributed by atoms with Crippen molar-refractivity contribution >= 4 is 21.6 Å². The lowest BCUT2D eigenvalue weighted by atomic mass is 9.89. The summed E-state index contributed by atoms with van der Waals surface area (Å²) in [6.07, 6.45) is 7.70. The smallest absolute Gasteiger partial charge is 0.262 e. The van der Waals surface area contributed by atoms with Gasteiger partial charge >= 0.3 is 0 Å². The first-order valence-corrected chi connectivity index (χ1v) is 9.78. The second-order valence-corrected chi connectivity index (χ2v) is 8.00. The van der Waals surface area contributed by atoms with Crippen molar-refractivity contribution in [3.8, 4) is 0 Å². The Morgan fingerprint density at radius 2 is 2.32 bits per heavy atom. The van der Waals surface area contributed by atoms with Crippen molar-refractivity contribution < 1.29 is 4.52 Å². The van der Waals surface area contributed by atoms with E-state index in [0.717, 1.165) is 48.7 Å². The molecular formula is C18H22N4O2S. The predicted octanol–water partition coefficient (Wildman–Crippen LogP) is 3.36. The molecule has 0 aromatic carbocycles. The minimum Gasteiger partial charge on any atom is -0.337 e. The Kier molecular flexibility index (Phi) is 4.41. The van der Waals surface area contributed by atoms with Crippen LogP contribution in [0.25, 0.3) is 10.2 Å². The minimum atomic E-state index is 0.00496. The molecule has 0 saturated carbocycles. The van der Waals surface area contributed by atoms with E-state index in [1.165, 1.54) is 10.4 Å². The van der Waals surface area contributed by atoms with Crippen LogP contribution in [0.3, 0.4) is 0 Å². The van der Waals surface area contributed by atoms with E-state index in [2.05, 4.69) is 29.0 Å². The summed E-state index contributed by atoms with van der Waals surface area (Å²) in [5.74, 6) is 1.86. The Morgan fingerprint density at radius 3 is 3.16 bits per heavy atom. The fourth-order valence-electron chi connectivity index (χ4n) is 3.42. The number of aromatic nitrogens is 4. The zero-order chi connectivity index (χ0) is 17.4. The van der Waals surface area contributed by atoms with Crippen molar-refractivity contribution in [3.63, 3.8) is 0 Å². The molecule has 1 unspecified atom stereocenters. The average Bonchev–Trinajstić information content (AvgIpc) is 3.19. The summed E-state index contributed by atoms with van der Waals surface area (Å²) in [6.45, 7) is 4.68. The lowest BCUT2D eigenvalue weighted by Crippen LogP contribution is -2.22. The molecule has 4 rings (SSSR count). The van der Waals surface area contributed by atoms with E-state index in [9.17, 15) is 4.79 Å². The molecule has 0 aliphatic heterocycles. The van der Waals surface area contributed by atoms with Crippen LogP contribution < -0.4 is 5.56 Å². The molecule has 1 aliphatic carbocycles. The number of thiophene rings is 1. The number of unbranched alkanes of at least 4 members (excludes halogenated alkanes) is 1. The summed E-state index contributed by atoms with van der Waals surface area (Å²) in [5.41, 5.74) is 1.21. The highest BCUT2D eigenvalue weighted by molar-refractivity contribution is 7.18. The van der Waals surface area contributed by atoms with Gasteiger partial charge in [0.1, 0.15) is 11.4 Å². The molecule has 132 valence electrons. The summed E-state index contributed by atoms with van der Waals surface area (Å²) >= 11 is 1.67. The van der Waals surface area contributed by atoms with Crippen molar-refractivity contribution in [1.29, 1.82) is 0 Å². The van der Waals surface area contributed by atoms with Gasteiger partial charge in [-0.05, 0) is 37.2 Å². The summed E-state index contributed by atoms with van der Waals surface area (Å²) in [4.78, 5) is 24.1. The predicted molar refractivity (Wildman–Crippen MR) is 97.1 cm³/mol. The molecule has 0 radical (unpaired) electrons. The molecule has 0 amide bonds. The zero-order valence-electron chi connectivity index (χ0n) is 14.6. The van der Waals surface area contributed by atoms with Gasteiger partial charge in [-0.3, -0.25) is 9.36 Å². The third-order valence-electron chi connectivity index (χ3n) is 4.85. The molecule has 25 heavy (non-hydrogen) atoms. The van der Waals surface area contributed by atoms with Gasteiger partial charge in [0.05, 0.1) is 11.7 Å². The molecule has 0 saturated heterocycles. The Hall–Kier alpha value is -2.02. The largest absolute Gasteiger partial charge is 0.337 e. The normalized spacial score (nSPS) is 17.1. The molecule has 3 heterocycles. The lowest BCUT2D eigenvalue weighted by Gasteiger charge is -2.17. The maximum absolute atomic E-state index is 13.0. The van der Waals surface area contributed by atoms with E-state index in [-0.39, 0.29) is 12.1 Å². The number of nitrogens with zero attached hydrogens (tertiary/aromatic N) is 4. The van der Waals surface area contributed by atoms with Gasteiger partial charge in [-0.15, -0.1) is 11.3 Å². The summed E-state index contributed by atoms with van der Waals surface area (Å²) in [6, 6.07) is 0. The Labute approximate surface area is 149 Å². The first-order chi connectivity index (χ1) is 12.2. The van der Waals surface area contributed by atoms with E-state index in [4.69, 9.17) is 4.52 Å². The van der Waals surface area contributed by atoms with Gasteiger partial charge in [-0.2, -0.15) is 4.98 Å². The molecule has 0 spiro atoms. The van der Waals surface area contributed by atoms with Crippen LogP contribution in [-0.4, -0.2) is 19.7 Å². The number of hydrogen-bond acceptors (Lipinski definition) is 6. The van der Waals surface area contributed by atoms with Crippen LogP contribution in [0.15, 0.2) is 15.6 Å². The van der Waals surface area contributed by atoms with Crippen LogP contribution in [0.5, 0.6) is 0 Å². The van der Waals surface area contributed by atoms with E-state index < -0.39 is 0 Å². The molecule has 3 aromatic heterocycles. The van der Waals surface area contributed by atoms with Crippen molar-refractivity contribution in [3.05, 3.63) is 38.8 Å². The van der Waals surface area contributed by atoms with Crippen LogP contribution in [0, 0.1) is 5.92 Å². The van der Waals surface area contributed by atoms with E-state index in [0.29, 0.717) is 17.6 Å². The van der Waals surface area contributed by atoms with Gasteiger partial charge in [0.15, 0.2) is 5.82 Å². The van der Waals surface area contributed by atoms with Crippen molar-refractivity contribution in [2.75, 3.05) is 0 Å². The highest BCUT2D eigenvalue weighted by Gasteiger charge is 2.23. The molecule has 1 aliphatic rings. The Morgan fingerprint density at radius 1 is 1.44 bits per heavy atom. The minimum absolute atomic E-state index is 0.00496. The van der Waals surface area contributed by atoms with Gasteiger partial charge in [0.2, 0.25) is 5.89 Å². The lowest BCUT2D eigenvalue weighted by molar-refractivity contribution is 0.364. The molecule has 6 nitrogen and oxygen atoms in total. The molecule has 1 atom stereocenters. The van der Waals surface area contributed by atoms with Crippen molar-refractivity contribution in [2.45, 2.75) is 58.9 Å². The average molecular weight is 358 g/mol. The van der Waals surface area contributed by atoms with Gasteiger partial charge < -0.3 is 4.52 Å². The Balaban J connectivity index is 1.65. The number of hydrogen-bond donors (Lipinski definition) is 0. The maximum atomic E-state index is 13.0. The van der Waals surface area contributed by atoms with Crippen molar-refractivity contribution in [2.24, 2.45) is 5.92 Å². The van der Waals surface area contributed by atoms with E-state index >= 15 is 0 Å². The zero-order valence-corrected chi connectivity index (χ0v) is 15.4. The monoisotopic (exact) mass is 358 g/mol. The topological polar surface area (TPSA) is 73.8 Å². The highest BCUT2D eigenvalue weighted by atomic mass is 32.1. The van der Waals surface area contributed by atoms with Gasteiger partial charge in [-0.1, -0.05) is 25.4 Å². The number of aryl methyl sites for hydroxylation is 2. The van der Waals surface area contributed by atoms with Crippen LogP contribution >= 0.6 is 11.3 Å². The van der Waals surface area contributed by atoms with Gasteiger partial charge in [0.25, 0.3) is 5.56 Å². The number of rotatable bonds is 5. The third-order valence-corrected chi connectivity index (χ3v) is 6.01. The maximum Gasteiger partial charge on any atom is 0.262 e. The van der Waals surface area contributed by atoms with Gasteiger partial charge in [-0.25, -0.2) is 4.98 Å². The van der Waals surface area contributed by atoms with Crippen LogP contribution in [0.1, 0.15) is 55.3 Å². The quantitative estimate of drug-likeness (QED) is 0.699. The molecule has 3 aromatic rings. The molecule has 7 heteroatoms. The highest BCUT2D eigenvalue weighted by Crippen LogP contribution is 2.35. The Bertz CT molecular complexity index is 956. The fraction of sp³-hybridized carbons (Fsp3) is 0.556. The number of fused-ring (bicyclic) bond motifs is 3. The summed E-state index contributed by atoms with van der Waals surface area (Å²) in [5, 5.41) is 4.78. The van der Waals surface area contributed by atoms with Gasteiger partial charge in [0, 0.05) is 11.3 Å². The molecule has 0 fully saturated rings. The summed E-state index contributed by atoms with van der Waals surface area (Å²) < 4.78 is 6.88. The summed E-state index contributed by atoms with van der Waals surface area (Å²) in [7, 11) is 0. The van der Waals surface area contributed by atoms with Crippen LogP contribution in [0.4, 0.5) is 0 Å².